The molecule has 126 valence electrons. The van der Waals surface area contributed by atoms with Gasteiger partial charge in [0.25, 0.3) is 0 Å². The third-order valence-corrected chi connectivity index (χ3v) is 4.54. The molecule has 0 spiro atoms. The van der Waals surface area contributed by atoms with E-state index < -0.39 is 21.8 Å². The van der Waals surface area contributed by atoms with Gasteiger partial charge in [-0.2, -0.15) is 0 Å². The van der Waals surface area contributed by atoms with Crippen LogP contribution in [0.25, 0.3) is 0 Å². The second-order valence-corrected chi connectivity index (χ2v) is 7.77. The fourth-order valence-electron chi connectivity index (χ4n) is 2.17. The molecular weight excluding hydrogens is 356 g/mol. The Labute approximate surface area is 187 Å². The van der Waals surface area contributed by atoms with Crippen molar-refractivity contribution >= 4 is 22.0 Å². The number of carbonyl (C=O) groups is 2. The molecule has 0 bridgehead atoms. The molecule has 10 heteroatoms. The molecule has 0 heterocycles. The fraction of sp³-hybridized carbons (Fsp3) is 0.714. The van der Waals surface area contributed by atoms with E-state index >= 15 is 0 Å². The van der Waals surface area contributed by atoms with Gasteiger partial charge in [-0.1, -0.05) is 26.3 Å². The number of aliphatic carboxylic acids is 1. The van der Waals surface area contributed by atoms with E-state index in [9.17, 15) is 27.7 Å². The number of amides is 1. The van der Waals surface area contributed by atoms with Crippen molar-refractivity contribution in [2.24, 2.45) is 11.3 Å². The maximum absolute atomic E-state index is 11.8. The molecule has 1 aliphatic rings. The van der Waals surface area contributed by atoms with E-state index in [1.807, 2.05) is 13.8 Å². The second kappa shape index (κ2) is 11.3. The van der Waals surface area contributed by atoms with Crippen LogP contribution in [-0.2, 0) is 19.7 Å². The van der Waals surface area contributed by atoms with Gasteiger partial charge >= 0.3 is 59.1 Å². The van der Waals surface area contributed by atoms with Crippen LogP contribution in [-0.4, -0.2) is 30.6 Å². The maximum Gasteiger partial charge on any atom is 1.00 e. The summed E-state index contributed by atoms with van der Waals surface area (Å²) in [6.07, 6.45) is 3.69. The van der Waals surface area contributed by atoms with Crippen molar-refractivity contribution < 1.29 is 86.8 Å². The first-order chi connectivity index (χ1) is 10.0. The molecule has 1 atom stereocenters. The third kappa shape index (κ3) is 10.6. The van der Waals surface area contributed by atoms with Crippen LogP contribution in [0, 0.1) is 11.3 Å². The summed E-state index contributed by atoms with van der Waals surface area (Å²) < 4.78 is 31.2. The van der Waals surface area contributed by atoms with Crippen LogP contribution < -0.4 is 69.5 Å². The summed E-state index contributed by atoms with van der Waals surface area (Å²) in [5.74, 6) is -2.37. The van der Waals surface area contributed by atoms with Crippen LogP contribution >= 0.6 is 0 Å². The Bertz CT molecular complexity index is 574. The van der Waals surface area contributed by atoms with Crippen LogP contribution in [0.1, 0.15) is 46.0 Å². The second-order valence-electron chi connectivity index (χ2n) is 6.25. The Morgan fingerprint density at radius 3 is 2.17 bits per heavy atom. The molecule has 1 unspecified atom stereocenters. The van der Waals surface area contributed by atoms with Gasteiger partial charge in [-0.05, 0) is 31.1 Å². The standard InChI is InChI=1S/C14H23NO6S.2Na/c1-14(2)9-10(14)12(16)15-11(13(17)18)7-5-3-4-6-8-22(19,20)21;;/h7,10H,3-6,8-9H2,1-2H3,(H,15,16)(H,17,18)(H,19,20,21);;/q;2*+1/p-2/b11-7-;;. The quantitative estimate of drug-likeness (QED) is 0.184. The molecule has 1 fully saturated rings. The average molecular weight is 377 g/mol. The topological polar surface area (TPSA) is 126 Å². The summed E-state index contributed by atoms with van der Waals surface area (Å²) in [5, 5.41) is 13.3. The summed E-state index contributed by atoms with van der Waals surface area (Å²) in [5.41, 5.74) is -0.352. The van der Waals surface area contributed by atoms with Crippen molar-refractivity contribution in [1.29, 1.82) is 0 Å². The number of allylic oxidation sites excluding steroid dienone is 1. The van der Waals surface area contributed by atoms with Gasteiger partial charge in [-0.25, -0.2) is 8.42 Å². The smallest absolute Gasteiger partial charge is 0.748 e. The Kier molecular flexibility index (Phi) is 12.7. The van der Waals surface area contributed by atoms with Crippen LogP contribution in [0.2, 0.25) is 0 Å². The number of carboxylic acid groups (broad SMARTS) is 1. The van der Waals surface area contributed by atoms with Crippen LogP contribution in [0.4, 0.5) is 0 Å². The number of hydrogen-bond donors (Lipinski definition) is 1. The van der Waals surface area contributed by atoms with E-state index in [1.165, 1.54) is 6.08 Å². The van der Waals surface area contributed by atoms with Gasteiger partial charge < -0.3 is 19.8 Å². The Hall–Kier alpha value is 0.590. The van der Waals surface area contributed by atoms with E-state index in [-0.39, 0.29) is 88.5 Å². The molecule has 1 N–H and O–H groups in total. The number of carboxylic acids is 1. The van der Waals surface area contributed by atoms with E-state index in [0.29, 0.717) is 19.3 Å². The van der Waals surface area contributed by atoms with Crippen molar-refractivity contribution in [3.8, 4) is 0 Å². The van der Waals surface area contributed by atoms with Gasteiger partial charge in [-0.3, -0.25) is 4.79 Å². The minimum absolute atomic E-state index is 0. The zero-order valence-corrected chi connectivity index (χ0v) is 19.6. The molecule has 1 saturated carbocycles. The third-order valence-electron chi connectivity index (χ3n) is 3.75. The molecule has 0 aromatic heterocycles. The van der Waals surface area contributed by atoms with E-state index in [4.69, 9.17) is 0 Å². The van der Waals surface area contributed by atoms with Crippen molar-refractivity contribution in [3.63, 3.8) is 0 Å². The molecule has 24 heavy (non-hydrogen) atoms. The number of nitrogens with one attached hydrogen (secondary N) is 1. The molecule has 7 nitrogen and oxygen atoms in total. The van der Waals surface area contributed by atoms with Gasteiger partial charge in [0.15, 0.2) is 0 Å². The van der Waals surface area contributed by atoms with Gasteiger partial charge in [0.2, 0.25) is 5.91 Å². The summed E-state index contributed by atoms with van der Waals surface area (Å²) in [6.45, 7) is 3.87. The van der Waals surface area contributed by atoms with Gasteiger partial charge in [0.05, 0.1) is 21.8 Å². The molecule has 1 amide bonds. The molecule has 1 rings (SSSR count). The van der Waals surface area contributed by atoms with E-state index in [1.54, 1.807) is 0 Å². The van der Waals surface area contributed by atoms with Gasteiger partial charge in [0.1, 0.15) is 0 Å². The molecule has 1 aliphatic carbocycles. The van der Waals surface area contributed by atoms with E-state index in [0.717, 1.165) is 6.42 Å². The first-order valence-corrected chi connectivity index (χ1v) is 8.76. The predicted octanol–water partition coefficient (Wildman–Crippen LogP) is -6.10. The molecule has 0 saturated heterocycles. The molecular formula is C14H21NNa2O6S. The summed E-state index contributed by atoms with van der Waals surface area (Å²) in [4.78, 5) is 22.8. The molecule has 0 aromatic rings. The van der Waals surface area contributed by atoms with Crippen molar-refractivity contribution in [2.45, 2.75) is 46.0 Å². The van der Waals surface area contributed by atoms with Crippen molar-refractivity contribution in [1.82, 2.24) is 5.32 Å². The predicted molar refractivity (Wildman–Crippen MR) is 76.2 cm³/mol. The van der Waals surface area contributed by atoms with Crippen molar-refractivity contribution in [2.75, 3.05) is 5.75 Å². The summed E-state index contributed by atoms with van der Waals surface area (Å²) in [7, 11) is -4.20. The minimum Gasteiger partial charge on any atom is -0.748 e. The Morgan fingerprint density at radius 2 is 1.75 bits per heavy atom. The van der Waals surface area contributed by atoms with Crippen LogP contribution in [0.3, 0.4) is 0 Å². The minimum atomic E-state index is -4.20. The largest absolute Gasteiger partial charge is 1.00 e. The SMILES string of the molecule is CC1(C)CC1C(=O)N/C(=C\CCCCCS(=O)(=O)[O-])C(=O)[O-].[Na+].[Na+]. The summed E-state index contributed by atoms with van der Waals surface area (Å²) in [6, 6.07) is 0. The van der Waals surface area contributed by atoms with Crippen LogP contribution in [0.15, 0.2) is 11.8 Å². The van der Waals surface area contributed by atoms with Gasteiger partial charge in [0, 0.05) is 11.7 Å². The first kappa shape index (κ1) is 26.8. The zero-order valence-electron chi connectivity index (χ0n) is 14.8. The summed E-state index contributed by atoms with van der Waals surface area (Å²) >= 11 is 0. The number of hydrogen-bond acceptors (Lipinski definition) is 6. The van der Waals surface area contributed by atoms with Crippen LogP contribution in [0.5, 0.6) is 0 Å². The number of carbonyl (C=O) groups excluding carboxylic acids is 2. The normalized spacial score (nSPS) is 18.8. The number of rotatable bonds is 9. The van der Waals surface area contributed by atoms with Gasteiger partial charge in [-0.15, -0.1) is 0 Å². The monoisotopic (exact) mass is 377 g/mol. The Morgan fingerprint density at radius 1 is 1.21 bits per heavy atom. The fourth-order valence-corrected chi connectivity index (χ4v) is 2.72. The molecule has 0 aromatic carbocycles. The maximum atomic E-state index is 11.8. The van der Waals surface area contributed by atoms with E-state index in [2.05, 4.69) is 5.32 Å². The molecule has 0 aliphatic heterocycles. The average Bonchev–Trinajstić information content (AvgIpc) is 2.99. The van der Waals surface area contributed by atoms with Crippen molar-refractivity contribution in [3.05, 3.63) is 11.8 Å². The first-order valence-electron chi connectivity index (χ1n) is 7.19. The molecule has 0 radical (unpaired) electrons. The zero-order chi connectivity index (χ0) is 17.0. The Balaban J connectivity index is 0. The number of unbranched alkanes of at least 4 members (excludes halogenated alkanes) is 3.